The van der Waals surface area contributed by atoms with Crippen LogP contribution in [0.3, 0.4) is 0 Å². The molecule has 0 bridgehead atoms. The van der Waals surface area contributed by atoms with Crippen molar-refractivity contribution in [2.75, 3.05) is 0 Å². The van der Waals surface area contributed by atoms with E-state index in [2.05, 4.69) is 15.4 Å². The van der Waals surface area contributed by atoms with Crippen LogP contribution in [0.25, 0.3) is 16.4 Å². The fourth-order valence-corrected chi connectivity index (χ4v) is 3.57. The van der Waals surface area contributed by atoms with Gasteiger partial charge in [-0.15, -0.1) is 16.4 Å². The Morgan fingerprint density at radius 3 is 2.58 bits per heavy atom. The second-order valence-electron chi connectivity index (χ2n) is 6.33. The summed E-state index contributed by atoms with van der Waals surface area (Å²) >= 11 is 1.35. The van der Waals surface area contributed by atoms with Crippen LogP contribution in [0.5, 0.6) is 0 Å². The van der Waals surface area contributed by atoms with E-state index in [1.165, 1.54) is 34.2 Å². The molecule has 31 heavy (non-hydrogen) atoms. The number of hydrogen-bond acceptors (Lipinski definition) is 5. The number of carbonyl (C=O) groups excluding carboxylic acids is 1. The number of nitriles is 1. The van der Waals surface area contributed by atoms with Crippen LogP contribution in [-0.2, 0) is 0 Å². The standard InChI is InChI=1S/C21H12F3N5OS/c22-12-3-1-4-14(9-12)29-20(18-5-2-8-31-18)27-19(28-29)21(30)26-17(11-25)15-7-6-13(23)10-16(15)24/h1-10,17H,(H,26,30). The lowest BCUT2D eigenvalue weighted by molar-refractivity contribution is 0.0934. The number of nitrogens with one attached hydrogen (secondary N) is 1. The van der Waals surface area contributed by atoms with Crippen LogP contribution in [-0.4, -0.2) is 20.7 Å². The highest BCUT2D eigenvalue weighted by molar-refractivity contribution is 7.13. The number of amides is 1. The van der Waals surface area contributed by atoms with E-state index in [0.29, 0.717) is 22.5 Å². The maximum absolute atomic E-state index is 14.0. The van der Waals surface area contributed by atoms with E-state index in [1.54, 1.807) is 24.3 Å². The Labute approximate surface area is 178 Å². The lowest BCUT2D eigenvalue weighted by Crippen LogP contribution is -2.29. The molecule has 0 spiro atoms. The van der Waals surface area contributed by atoms with Gasteiger partial charge in [-0.1, -0.05) is 18.2 Å². The average molecular weight is 439 g/mol. The van der Waals surface area contributed by atoms with Gasteiger partial charge in [-0.3, -0.25) is 4.79 Å². The summed E-state index contributed by atoms with van der Waals surface area (Å²) < 4.78 is 42.2. The van der Waals surface area contributed by atoms with E-state index in [4.69, 9.17) is 0 Å². The molecule has 0 saturated carbocycles. The maximum Gasteiger partial charge on any atom is 0.292 e. The fourth-order valence-electron chi connectivity index (χ4n) is 2.87. The molecule has 2 aromatic heterocycles. The summed E-state index contributed by atoms with van der Waals surface area (Å²) in [4.78, 5) is 17.7. The molecule has 1 amide bonds. The van der Waals surface area contributed by atoms with E-state index in [1.807, 2.05) is 5.38 Å². The highest BCUT2D eigenvalue weighted by atomic mass is 32.1. The fraction of sp³-hybridized carbons (Fsp3) is 0.0476. The molecule has 0 radical (unpaired) electrons. The lowest BCUT2D eigenvalue weighted by Gasteiger charge is -2.11. The van der Waals surface area contributed by atoms with E-state index in [9.17, 15) is 23.2 Å². The van der Waals surface area contributed by atoms with Gasteiger partial charge in [0.25, 0.3) is 5.91 Å². The topological polar surface area (TPSA) is 83.6 Å². The third-order valence-electron chi connectivity index (χ3n) is 4.28. The van der Waals surface area contributed by atoms with E-state index >= 15 is 0 Å². The van der Waals surface area contributed by atoms with Gasteiger partial charge in [0.1, 0.15) is 23.5 Å². The number of aromatic nitrogens is 3. The molecule has 154 valence electrons. The molecule has 0 saturated heterocycles. The minimum atomic E-state index is -1.39. The Morgan fingerprint density at radius 1 is 1.10 bits per heavy atom. The predicted octanol–water partition coefficient (Wildman–Crippen LogP) is 4.41. The molecule has 2 aromatic carbocycles. The summed E-state index contributed by atoms with van der Waals surface area (Å²) in [5.74, 6) is -3.11. The summed E-state index contributed by atoms with van der Waals surface area (Å²) in [6.07, 6.45) is 0. The smallest absolute Gasteiger partial charge is 0.292 e. The molecule has 10 heteroatoms. The van der Waals surface area contributed by atoms with Crippen molar-refractivity contribution < 1.29 is 18.0 Å². The number of halogens is 3. The SMILES string of the molecule is N#CC(NC(=O)c1nc(-c2cccs2)n(-c2cccc(F)c2)n1)c1ccc(F)cc1F. The summed E-state index contributed by atoms with van der Waals surface area (Å²) in [5, 5.41) is 17.7. The molecular formula is C21H12F3N5OS. The van der Waals surface area contributed by atoms with Crippen molar-refractivity contribution in [2.24, 2.45) is 0 Å². The molecule has 1 N–H and O–H groups in total. The molecule has 0 aliphatic rings. The van der Waals surface area contributed by atoms with Crippen LogP contribution in [0.15, 0.2) is 60.0 Å². The monoisotopic (exact) mass is 439 g/mol. The van der Waals surface area contributed by atoms with Crippen LogP contribution < -0.4 is 5.32 Å². The average Bonchev–Trinajstić information content (AvgIpc) is 3.42. The first-order chi connectivity index (χ1) is 15.0. The van der Waals surface area contributed by atoms with Crippen molar-refractivity contribution >= 4 is 17.2 Å². The van der Waals surface area contributed by atoms with Gasteiger partial charge in [-0.05, 0) is 35.7 Å². The Morgan fingerprint density at radius 2 is 1.90 bits per heavy atom. The molecule has 4 aromatic rings. The van der Waals surface area contributed by atoms with Crippen LogP contribution in [0.1, 0.15) is 22.2 Å². The summed E-state index contributed by atoms with van der Waals surface area (Å²) in [7, 11) is 0. The molecule has 6 nitrogen and oxygen atoms in total. The number of benzene rings is 2. The van der Waals surface area contributed by atoms with Gasteiger partial charge >= 0.3 is 0 Å². The van der Waals surface area contributed by atoms with Crippen LogP contribution in [0.2, 0.25) is 0 Å². The van der Waals surface area contributed by atoms with Gasteiger partial charge in [0.15, 0.2) is 5.82 Å². The van der Waals surface area contributed by atoms with Gasteiger partial charge in [-0.25, -0.2) is 22.8 Å². The highest BCUT2D eigenvalue weighted by Gasteiger charge is 2.24. The van der Waals surface area contributed by atoms with Crippen molar-refractivity contribution in [3.63, 3.8) is 0 Å². The second kappa shape index (κ2) is 8.41. The number of nitrogens with zero attached hydrogens (tertiary/aromatic N) is 4. The first-order valence-corrected chi connectivity index (χ1v) is 9.76. The zero-order valence-corrected chi connectivity index (χ0v) is 16.4. The molecular weight excluding hydrogens is 427 g/mol. The Hall–Kier alpha value is -3.97. The zero-order chi connectivity index (χ0) is 22.0. The van der Waals surface area contributed by atoms with Crippen LogP contribution in [0, 0.1) is 28.8 Å². The van der Waals surface area contributed by atoms with Crippen LogP contribution >= 0.6 is 11.3 Å². The number of thiophene rings is 1. The molecule has 1 atom stereocenters. The molecule has 1 unspecified atom stereocenters. The predicted molar refractivity (Wildman–Crippen MR) is 107 cm³/mol. The highest BCUT2D eigenvalue weighted by Crippen LogP contribution is 2.26. The Kier molecular flexibility index (Phi) is 5.51. The molecule has 0 fully saturated rings. The van der Waals surface area contributed by atoms with Crippen molar-refractivity contribution in [1.82, 2.24) is 20.1 Å². The largest absolute Gasteiger partial charge is 0.330 e. The lowest BCUT2D eigenvalue weighted by atomic mass is 10.1. The third kappa shape index (κ3) is 4.17. The first-order valence-electron chi connectivity index (χ1n) is 8.88. The molecule has 0 aliphatic heterocycles. The Bertz CT molecular complexity index is 1300. The number of carbonyl (C=O) groups is 1. The van der Waals surface area contributed by atoms with Crippen LogP contribution in [0.4, 0.5) is 13.2 Å². The summed E-state index contributed by atoms with van der Waals surface area (Å²) in [6, 6.07) is 12.2. The maximum atomic E-state index is 14.0. The number of rotatable bonds is 5. The van der Waals surface area contributed by atoms with Gasteiger partial charge < -0.3 is 5.32 Å². The van der Waals surface area contributed by atoms with Crippen molar-refractivity contribution in [2.45, 2.75) is 6.04 Å². The molecule has 4 rings (SSSR count). The van der Waals surface area contributed by atoms with Crippen molar-refractivity contribution in [1.29, 1.82) is 5.26 Å². The first kappa shape index (κ1) is 20.3. The van der Waals surface area contributed by atoms with E-state index < -0.39 is 29.4 Å². The minimum Gasteiger partial charge on any atom is -0.330 e. The van der Waals surface area contributed by atoms with Crippen molar-refractivity contribution in [3.05, 3.63) is 88.8 Å². The van der Waals surface area contributed by atoms with E-state index in [-0.39, 0.29) is 11.4 Å². The van der Waals surface area contributed by atoms with Gasteiger partial charge in [0.05, 0.1) is 16.6 Å². The minimum absolute atomic E-state index is 0.194. The third-order valence-corrected chi connectivity index (χ3v) is 5.15. The van der Waals surface area contributed by atoms with Gasteiger partial charge in [-0.2, -0.15) is 5.26 Å². The Balaban J connectivity index is 1.70. The summed E-state index contributed by atoms with van der Waals surface area (Å²) in [5.41, 5.74) is 0.150. The quantitative estimate of drug-likeness (QED) is 0.499. The van der Waals surface area contributed by atoms with Gasteiger partial charge in [0, 0.05) is 11.6 Å². The normalized spacial score (nSPS) is 11.7. The second-order valence-corrected chi connectivity index (χ2v) is 7.28. The van der Waals surface area contributed by atoms with Gasteiger partial charge in [0.2, 0.25) is 5.82 Å². The summed E-state index contributed by atoms with van der Waals surface area (Å²) in [6.45, 7) is 0. The molecule has 2 heterocycles. The zero-order valence-electron chi connectivity index (χ0n) is 15.6. The van der Waals surface area contributed by atoms with E-state index in [0.717, 1.165) is 12.1 Å². The van der Waals surface area contributed by atoms with Crippen molar-refractivity contribution in [3.8, 4) is 22.5 Å². The number of hydrogen-bond donors (Lipinski definition) is 1. The molecule has 0 aliphatic carbocycles.